The van der Waals surface area contributed by atoms with Crippen molar-refractivity contribution in [3.8, 4) is 11.5 Å². The lowest BCUT2D eigenvalue weighted by molar-refractivity contribution is 0.0949. The Hall–Kier alpha value is -2.79. The van der Waals surface area contributed by atoms with Crippen LogP contribution in [0.5, 0.6) is 0 Å². The molecule has 0 aliphatic heterocycles. The van der Waals surface area contributed by atoms with Gasteiger partial charge in [-0.15, -0.1) is 0 Å². The van der Waals surface area contributed by atoms with Gasteiger partial charge in [-0.2, -0.15) is 0 Å². The summed E-state index contributed by atoms with van der Waals surface area (Å²) in [6.45, 7) is 0.496. The first-order valence-corrected chi connectivity index (χ1v) is 7.84. The van der Waals surface area contributed by atoms with Crippen LogP contribution in [-0.4, -0.2) is 17.4 Å². The van der Waals surface area contributed by atoms with Gasteiger partial charge < -0.3 is 15.5 Å². The van der Waals surface area contributed by atoms with Gasteiger partial charge in [0, 0.05) is 17.3 Å². The first-order valence-electron chi connectivity index (χ1n) is 7.46. The van der Waals surface area contributed by atoms with Crippen LogP contribution < -0.4 is 11.1 Å². The van der Waals surface area contributed by atoms with Gasteiger partial charge in [-0.25, -0.2) is 4.98 Å². The minimum absolute atomic E-state index is 0.226. The molecule has 0 bridgehead atoms. The van der Waals surface area contributed by atoms with E-state index < -0.39 is 0 Å². The third-order valence-electron chi connectivity index (χ3n) is 3.54. The molecule has 24 heavy (non-hydrogen) atoms. The third kappa shape index (κ3) is 3.75. The molecule has 1 aromatic heterocycles. The number of oxazole rings is 1. The maximum atomic E-state index is 12.1. The second kappa shape index (κ2) is 7.19. The van der Waals surface area contributed by atoms with Crippen molar-refractivity contribution in [1.29, 1.82) is 0 Å². The molecule has 0 saturated heterocycles. The average molecular weight is 342 g/mol. The number of nitrogens with zero attached hydrogens (tertiary/aromatic N) is 1. The van der Waals surface area contributed by atoms with E-state index in [1.54, 1.807) is 12.1 Å². The van der Waals surface area contributed by atoms with E-state index in [4.69, 9.17) is 21.8 Å². The summed E-state index contributed by atoms with van der Waals surface area (Å²) in [4.78, 5) is 16.3. The van der Waals surface area contributed by atoms with Crippen LogP contribution in [-0.2, 0) is 6.42 Å². The Morgan fingerprint density at radius 1 is 1.17 bits per heavy atom. The van der Waals surface area contributed by atoms with Crippen LogP contribution in [0.15, 0.2) is 59.2 Å². The van der Waals surface area contributed by atoms with E-state index in [1.165, 1.54) is 6.26 Å². The molecule has 0 spiro atoms. The molecular weight excluding hydrogens is 326 g/mol. The summed E-state index contributed by atoms with van der Waals surface area (Å²) < 4.78 is 5.36. The number of nitrogens with one attached hydrogen (secondary N) is 1. The minimum atomic E-state index is -0.284. The van der Waals surface area contributed by atoms with Gasteiger partial charge in [-0.3, -0.25) is 4.79 Å². The fourth-order valence-corrected chi connectivity index (χ4v) is 2.38. The quantitative estimate of drug-likeness (QED) is 0.695. The van der Waals surface area contributed by atoms with Gasteiger partial charge >= 0.3 is 0 Å². The minimum Gasteiger partial charge on any atom is -0.444 e. The van der Waals surface area contributed by atoms with Crippen LogP contribution >= 0.6 is 11.6 Å². The molecule has 1 heterocycles. The zero-order chi connectivity index (χ0) is 16.9. The van der Waals surface area contributed by atoms with Gasteiger partial charge in [0.15, 0.2) is 5.69 Å². The smallest absolute Gasteiger partial charge is 0.273 e. The molecule has 0 unspecified atom stereocenters. The molecule has 1 amide bonds. The van der Waals surface area contributed by atoms with E-state index >= 15 is 0 Å². The molecule has 3 N–H and O–H groups in total. The largest absolute Gasteiger partial charge is 0.444 e. The number of carbonyl (C=O) groups is 1. The zero-order valence-electron chi connectivity index (χ0n) is 12.8. The summed E-state index contributed by atoms with van der Waals surface area (Å²) in [6, 6.07) is 14.7. The first kappa shape index (κ1) is 16.1. The molecule has 0 saturated carbocycles. The summed E-state index contributed by atoms with van der Waals surface area (Å²) in [7, 11) is 0. The number of nitrogens with two attached hydrogens (primary N) is 1. The van der Waals surface area contributed by atoms with Crippen molar-refractivity contribution in [1.82, 2.24) is 10.3 Å². The van der Waals surface area contributed by atoms with Gasteiger partial charge in [-0.05, 0) is 36.2 Å². The van der Waals surface area contributed by atoms with Crippen molar-refractivity contribution in [3.63, 3.8) is 0 Å². The average Bonchev–Trinajstić information content (AvgIpc) is 3.07. The van der Waals surface area contributed by atoms with Crippen LogP contribution in [0, 0.1) is 0 Å². The van der Waals surface area contributed by atoms with Crippen molar-refractivity contribution >= 4 is 23.2 Å². The molecule has 5 nitrogen and oxygen atoms in total. The number of rotatable bonds is 5. The van der Waals surface area contributed by atoms with E-state index in [0.717, 1.165) is 5.56 Å². The molecule has 122 valence electrons. The molecule has 0 aliphatic rings. The Bertz CT molecular complexity index is 843. The molecule has 0 atom stereocenters. The number of hydrogen-bond donors (Lipinski definition) is 2. The number of anilines is 1. The molecule has 3 rings (SSSR count). The number of aromatic nitrogens is 1. The number of nitrogen functional groups attached to an aromatic ring is 1. The highest BCUT2D eigenvalue weighted by Crippen LogP contribution is 2.24. The Labute approximate surface area is 144 Å². The Morgan fingerprint density at radius 2 is 1.92 bits per heavy atom. The molecule has 2 aromatic carbocycles. The predicted octanol–water partition coefficient (Wildman–Crippen LogP) is 3.55. The number of para-hydroxylation sites is 1. The van der Waals surface area contributed by atoms with E-state index in [0.29, 0.717) is 35.1 Å². The van der Waals surface area contributed by atoms with Gasteiger partial charge in [0.25, 0.3) is 5.91 Å². The van der Waals surface area contributed by atoms with Crippen LogP contribution in [0.1, 0.15) is 16.1 Å². The summed E-state index contributed by atoms with van der Waals surface area (Å²) in [5.74, 6) is 0.0458. The van der Waals surface area contributed by atoms with E-state index in [9.17, 15) is 4.79 Å². The van der Waals surface area contributed by atoms with Crippen LogP contribution in [0.2, 0.25) is 5.02 Å². The summed E-state index contributed by atoms with van der Waals surface area (Å²) >= 11 is 5.84. The summed E-state index contributed by atoms with van der Waals surface area (Å²) in [5, 5.41) is 3.51. The molecule has 6 heteroatoms. The lowest BCUT2D eigenvalue weighted by atomic mass is 10.1. The maximum Gasteiger partial charge on any atom is 0.273 e. The number of hydrogen-bond acceptors (Lipinski definition) is 4. The fraction of sp³-hybridized carbons (Fsp3) is 0.111. The number of amides is 1. The van der Waals surface area contributed by atoms with Crippen LogP contribution in [0.25, 0.3) is 11.5 Å². The van der Waals surface area contributed by atoms with Crippen LogP contribution in [0.3, 0.4) is 0 Å². The van der Waals surface area contributed by atoms with Gasteiger partial charge in [0.1, 0.15) is 6.26 Å². The molecule has 0 fully saturated rings. The number of carbonyl (C=O) groups excluding carboxylic acids is 1. The van der Waals surface area contributed by atoms with Crippen molar-refractivity contribution in [3.05, 3.63) is 71.1 Å². The highest BCUT2D eigenvalue weighted by molar-refractivity contribution is 6.30. The van der Waals surface area contributed by atoms with Gasteiger partial charge in [0.05, 0.1) is 5.56 Å². The Balaban J connectivity index is 1.60. The second-order valence-electron chi connectivity index (χ2n) is 5.26. The maximum absolute atomic E-state index is 12.1. The third-order valence-corrected chi connectivity index (χ3v) is 3.79. The highest BCUT2D eigenvalue weighted by atomic mass is 35.5. The zero-order valence-corrected chi connectivity index (χ0v) is 13.6. The fourth-order valence-electron chi connectivity index (χ4n) is 2.26. The topological polar surface area (TPSA) is 81.1 Å². The SMILES string of the molecule is Nc1ccccc1-c1nc(C(=O)NCCc2ccc(Cl)cc2)co1. The van der Waals surface area contributed by atoms with E-state index in [1.807, 2.05) is 36.4 Å². The van der Waals surface area contributed by atoms with Gasteiger partial charge in [-0.1, -0.05) is 35.9 Å². The van der Waals surface area contributed by atoms with Crippen LogP contribution in [0.4, 0.5) is 5.69 Å². The first-order chi connectivity index (χ1) is 11.6. The Morgan fingerprint density at radius 3 is 2.67 bits per heavy atom. The lowest BCUT2D eigenvalue weighted by Crippen LogP contribution is -2.25. The highest BCUT2D eigenvalue weighted by Gasteiger charge is 2.14. The summed E-state index contributed by atoms with van der Waals surface area (Å²) in [6.07, 6.45) is 2.04. The van der Waals surface area contributed by atoms with Crippen molar-refractivity contribution in [2.75, 3.05) is 12.3 Å². The predicted molar refractivity (Wildman–Crippen MR) is 93.8 cm³/mol. The van der Waals surface area contributed by atoms with E-state index in [2.05, 4.69) is 10.3 Å². The molecule has 0 aliphatic carbocycles. The standard InChI is InChI=1S/C18H16ClN3O2/c19-13-7-5-12(6-8-13)9-10-21-17(23)16-11-24-18(22-16)14-3-1-2-4-15(14)20/h1-8,11H,9-10,20H2,(H,21,23). The van der Waals surface area contributed by atoms with Crippen molar-refractivity contribution < 1.29 is 9.21 Å². The normalized spacial score (nSPS) is 10.5. The summed E-state index contributed by atoms with van der Waals surface area (Å²) in [5.41, 5.74) is 8.42. The van der Waals surface area contributed by atoms with E-state index in [-0.39, 0.29) is 11.6 Å². The number of halogens is 1. The van der Waals surface area contributed by atoms with Gasteiger partial charge in [0.2, 0.25) is 5.89 Å². The lowest BCUT2D eigenvalue weighted by Gasteiger charge is -2.03. The van der Waals surface area contributed by atoms with Crippen molar-refractivity contribution in [2.24, 2.45) is 0 Å². The number of benzene rings is 2. The molecule has 3 aromatic rings. The molecule has 0 radical (unpaired) electrons. The monoisotopic (exact) mass is 341 g/mol. The molecular formula is C18H16ClN3O2. The Kier molecular flexibility index (Phi) is 4.82. The van der Waals surface area contributed by atoms with Crippen molar-refractivity contribution in [2.45, 2.75) is 6.42 Å². The second-order valence-corrected chi connectivity index (χ2v) is 5.69.